The summed E-state index contributed by atoms with van der Waals surface area (Å²) in [4.78, 5) is 12.3. The van der Waals surface area contributed by atoms with Gasteiger partial charge in [-0.3, -0.25) is 4.79 Å². The summed E-state index contributed by atoms with van der Waals surface area (Å²) >= 11 is 6.02. The van der Waals surface area contributed by atoms with Crippen LogP contribution in [0.3, 0.4) is 0 Å². The second kappa shape index (κ2) is 6.98. The van der Waals surface area contributed by atoms with Crippen LogP contribution in [0.15, 0.2) is 53.4 Å². The van der Waals surface area contributed by atoms with Crippen LogP contribution in [0.5, 0.6) is 5.75 Å². The molecule has 0 saturated carbocycles. The molecule has 120 valence electrons. The van der Waals surface area contributed by atoms with Crippen molar-refractivity contribution in [3.8, 4) is 5.75 Å². The number of sulfone groups is 1. The molecular formula is C17H15ClO4S. The molecule has 0 aliphatic carbocycles. The van der Waals surface area contributed by atoms with Gasteiger partial charge in [-0.2, -0.15) is 0 Å². The van der Waals surface area contributed by atoms with Crippen LogP contribution in [0.25, 0.3) is 6.08 Å². The van der Waals surface area contributed by atoms with E-state index in [0.717, 1.165) is 11.8 Å². The van der Waals surface area contributed by atoms with Crippen molar-refractivity contribution in [2.24, 2.45) is 0 Å². The van der Waals surface area contributed by atoms with Crippen LogP contribution in [0.1, 0.15) is 15.9 Å². The summed E-state index contributed by atoms with van der Waals surface area (Å²) < 4.78 is 28.4. The van der Waals surface area contributed by atoms with E-state index in [1.54, 1.807) is 24.3 Å². The zero-order valence-corrected chi connectivity index (χ0v) is 14.2. The van der Waals surface area contributed by atoms with Crippen molar-refractivity contribution in [3.63, 3.8) is 0 Å². The first-order valence-corrected chi connectivity index (χ1v) is 8.95. The van der Waals surface area contributed by atoms with E-state index in [1.165, 1.54) is 31.4 Å². The second-order valence-corrected chi connectivity index (χ2v) is 7.25. The second-order valence-electron chi connectivity index (χ2n) is 4.86. The summed E-state index contributed by atoms with van der Waals surface area (Å²) in [5, 5.41) is 0.543. The van der Waals surface area contributed by atoms with Gasteiger partial charge in [0, 0.05) is 16.8 Å². The maximum atomic E-state index is 12.2. The van der Waals surface area contributed by atoms with Crippen LogP contribution >= 0.6 is 11.6 Å². The third-order valence-electron chi connectivity index (χ3n) is 3.17. The molecule has 0 heterocycles. The van der Waals surface area contributed by atoms with Crippen molar-refractivity contribution in [3.05, 3.63) is 64.7 Å². The lowest BCUT2D eigenvalue weighted by Gasteiger charge is -2.08. The Kier molecular flexibility index (Phi) is 5.23. The monoisotopic (exact) mass is 350 g/mol. The van der Waals surface area contributed by atoms with Crippen LogP contribution < -0.4 is 4.74 Å². The van der Waals surface area contributed by atoms with Crippen LogP contribution in [0.2, 0.25) is 5.02 Å². The Morgan fingerprint density at radius 3 is 2.48 bits per heavy atom. The fraction of sp³-hybridized carbons (Fsp3) is 0.118. The number of halogens is 1. The van der Waals surface area contributed by atoms with Gasteiger partial charge in [-0.05, 0) is 42.0 Å². The van der Waals surface area contributed by atoms with Gasteiger partial charge < -0.3 is 4.74 Å². The summed E-state index contributed by atoms with van der Waals surface area (Å²) in [5.74, 6) is -0.132. The molecule has 0 N–H and O–H groups in total. The van der Waals surface area contributed by atoms with E-state index in [0.29, 0.717) is 10.6 Å². The van der Waals surface area contributed by atoms with Crippen LogP contribution in [-0.2, 0) is 9.84 Å². The average Bonchev–Trinajstić information content (AvgIpc) is 2.52. The number of allylic oxidation sites excluding steroid dienone is 1. The van der Waals surface area contributed by atoms with Crippen molar-refractivity contribution in [2.45, 2.75) is 4.90 Å². The predicted molar refractivity (Wildman–Crippen MR) is 90.9 cm³/mol. The lowest BCUT2D eigenvalue weighted by Crippen LogP contribution is -2.03. The van der Waals surface area contributed by atoms with Crippen LogP contribution in [0, 0.1) is 0 Å². The molecule has 23 heavy (non-hydrogen) atoms. The van der Waals surface area contributed by atoms with Gasteiger partial charge in [0.1, 0.15) is 10.6 Å². The maximum Gasteiger partial charge on any atom is 0.185 e. The molecule has 2 aromatic carbocycles. The normalized spacial score (nSPS) is 11.6. The van der Waals surface area contributed by atoms with E-state index < -0.39 is 9.84 Å². The fourth-order valence-corrected chi connectivity index (χ4v) is 3.02. The molecule has 0 radical (unpaired) electrons. The summed E-state index contributed by atoms with van der Waals surface area (Å²) in [6, 6.07) is 11.4. The number of ketones is 1. The third kappa shape index (κ3) is 4.21. The number of hydrogen-bond acceptors (Lipinski definition) is 4. The van der Waals surface area contributed by atoms with Crippen molar-refractivity contribution in [1.82, 2.24) is 0 Å². The minimum Gasteiger partial charge on any atom is -0.495 e. The summed E-state index contributed by atoms with van der Waals surface area (Å²) in [5.41, 5.74) is 1.06. The molecule has 0 aromatic heterocycles. The van der Waals surface area contributed by atoms with Gasteiger partial charge in [0.15, 0.2) is 15.6 Å². The number of hydrogen-bond donors (Lipinski definition) is 0. The highest BCUT2D eigenvalue weighted by Crippen LogP contribution is 2.25. The summed E-state index contributed by atoms with van der Waals surface area (Å²) in [6.45, 7) is 0. The number of ether oxygens (including phenoxy) is 1. The first-order chi connectivity index (χ1) is 10.8. The van der Waals surface area contributed by atoms with E-state index >= 15 is 0 Å². The summed E-state index contributed by atoms with van der Waals surface area (Å²) in [7, 11) is -2.06. The van der Waals surface area contributed by atoms with Gasteiger partial charge in [-0.25, -0.2) is 8.42 Å². The zero-order chi connectivity index (χ0) is 17.0. The Balaban J connectivity index is 2.32. The molecule has 0 atom stereocenters. The number of carbonyl (C=O) groups is 1. The molecule has 0 saturated heterocycles. The molecule has 2 rings (SSSR count). The smallest absolute Gasteiger partial charge is 0.185 e. The molecule has 6 heteroatoms. The minimum absolute atomic E-state index is 0.0478. The highest BCUT2D eigenvalue weighted by atomic mass is 35.5. The number of rotatable bonds is 5. The number of benzene rings is 2. The fourth-order valence-electron chi connectivity index (χ4n) is 2.00. The Morgan fingerprint density at radius 2 is 1.87 bits per heavy atom. The molecule has 2 aromatic rings. The Labute approximate surface area is 140 Å². The molecule has 0 aliphatic heterocycles. The number of carbonyl (C=O) groups excluding carboxylic acids is 1. The lowest BCUT2D eigenvalue weighted by molar-refractivity contribution is 0.104. The summed E-state index contributed by atoms with van der Waals surface area (Å²) in [6.07, 6.45) is 4.08. The molecule has 0 bridgehead atoms. The van der Waals surface area contributed by atoms with Crippen molar-refractivity contribution >= 4 is 33.3 Å². The third-order valence-corrected chi connectivity index (χ3v) is 4.65. The molecule has 0 spiro atoms. The molecule has 0 amide bonds. The van der Waals surface area contributed by atoms with Gasteiger partial charge in [0.05, 0.1) is 7.11 Å². The standard InChI is InChI=1S/C17H15ClO4S/c1-22-16-11-13(8-10-17(16)23(2,20)21)15(19)9-7-12-5-3-4-6-14(12)18/h3-11H,1-2H3/b9-7+. The average molecular weight is 351 g/mol. The topological polar surface area (TPSA) is 60.4 Å². The van der Waals surface area contributed by atoms with Gasteiger partial charge in [-0.1, -0.05) is 29.8 Å². The highest BCUT2D eigenvalue weighted by molar-refractivity contribution is 7.90. The molecule has 4 nitrogen and oxygen atoms in total. The predicted octanol–water partition coefficient (Wildman–Crippen LogP) is 3.65. The molecule has 0 aliphatic rings. The van der Waals surface area contributed by atoms with E-state index in [2.05, 4.69) is 0 Å². The van der Waals surface area contributed by atoms with E-state index in [9.17, 15) is 13.2 Å². The Morgan fingerprint density at radius 1 is 1.17 bits per heavy atom. The van der Waals surface area contributed by atoms with Crippen molar-refractivity contribution < 1.29 is 17.9 Å². The molecule has 0 unspecified atom stereocenters. The highest BCUT2D eigenvalue weighted by Gasteiger charge is 2.16. The van der Waals surface area contributed by atoms with Crippen LogP contribution in [0.4, 0.5) is 0 Å². The quantitative estimate of drug-likeness (QED) is 0.610. The van der Waals surface area contributed by atoms with Crippen molar-refractivity contribution in [2.75, 3.05) is 13.4 Å². The van der Waals surface area contributed by atoms with E-state index in [-0.39, 0.29) is 16.4 Å². The minimum atomic E-state index is -3.42. The molecular weight excluding hydrogens is 336 g/mol. The number of methoxy groups -OCH3 is 1. The van der Waals surface area contributed by atoms with Crippen molar-refractivity contribution in [1.29, 1.82) is 0 Å². The SMILES string of the molecule is COc1cc(C(=O)/C=C/c2ccccc2Cl)ccc1S(C)(=O)=O. The van der Waals surface area contributed by atoms with E-state index in [1.807, 2.05) is 6.07 Å². The largest absolute Gasteiger partial charge is 0.495 e. The Bertz CT molecular complexity index is 870. The van der Waals surface area contributed by atoms with E-state index in [4.69, 9.17) is 16.3 Å². The molecule has 0 fully saturated rings. The van der Waals surface area contributed by atoms with Crippen LogP contribution in [-0.4, -0.2) is 27.6 Å². The van der Waals surface area contributed by atoms with Gasteiger partial charge >= 0.3 is 0 Å². The maximum absolute atomic E-state index is 12.2. The first-order valence-electron chi connectivity index (χ1n) is 6.68. The first kappa shape index (κ1) is 17.2. The van der Waals surface area contributed by atoms with Gasteiger partial charge in [0.2, 0.25) is 0 Å². The zero-order valence-electron chi connectivity index (χ0n) is 12.6. The van der Waals surface area contributed by atoms with Gasteiger partial charge in [-0.15, -0.1) is 0 Å². The Hall–Kier alpha value is -2.11. The van der Waals surface area contributed by atoms with Gasteiger partial charge in [0.25, 0.3) is 0 Å². The lowest BCUT2D eigenvalue weighted by atomic mass is 10.1.